The highest BCUT2D eigenvalue weighted by molar-refractivity contribution is 6.07. The van der Waals surface area contributed by atoms with Crippen LogP contribution in [0, 0.1) is 35.8 Å². The summed E-state index contributed by atoms with van der Waals surface area (Å²) in [6.07, 6.45) is -9.72. The summed E-state index contributed by atoms with van der Waals surface area (Å²) in [5.41, 5.74) is 4.66. The van der Waals surface area contributed by atoms with Gasteiger partial charge in [0.05, 0.1) is 48.1 Å². The summed E-state index contributed by atoms with van der Waals surface area (Å²) < 4.78 is 84.1. The molecule has 0 N–H and O–H groups in total. The molecule has 250 valence electrons. The van der Waals surface area contributed by atoms with E-state index in [2.05, 4.69) is 19.2 Å². The van der Waals surface area contributed by atoms with Gasteiger partial charge in [0, 0.05) is 22.3 Å². The van der Waals surface area contributed by atoms with Crippen molar-refractivity contribution in [2.45, 2.75) is 12.7 Å². The van der Waals surface area contributed by atoms with Gasteiger partial charge in [-0.1, -0.05) is 48.5 Å². The largest absolute Gasteiger partial charge is 0.573 e. The van der Waals surface area contributed by atoms with Gasteiger partial charge in [0.15, 0.2) is 0 Å². The van der Waals surface area contributed by atoms with E-state index < -0.39 is 24.2 Å². The predicted octanol–water partition coefficient (Wildman–Crippen LogP) is 9.97. The number of hydrogen-bond donors (Lipinski definition) is 0. The molecule has 0 aliphatic heterocycles. The Labute approximate surface area is 290 Å². The molecule has 8 nitrogen and oxygen atoms in total. The van der Waals surface area contributed by atoms with Crippen LogP contribution in [0.15, 0.2) is 96.3 Å². The molecule has 1 aromatic heterocycles. The second-order valence-corrected chi connectivity index (χ2v) is 11.2. The molecule has 2 aliphatic carbocycles. The number of ether oxygens (including phenoxy) is 2. The van der Waals surface area contributed by atoms with Crippen LogP contribution in [0.2, 0.25) is 0 Å². The van der Waals surface area contributed by atoms with E-state index in [-0.39, 0.29) is 45.3 Å². The van der Waals surface area contributed by atoms with Crippen molar-refractivity contribution in [2.24, 2.45) is 0 Å². The third kappa shape index (κ3) is 5.81. The summed E-state index contributed by atoms with van der Waals surface area (Å²) in [5.74, 6) is -0.817. The number of nitriles is 2. The molecular formula is C38H14F6N6O2. The minimum atomic E-state index is -4.86. The Morgan fingerprint density at radius 2 is 0.865 bits per heavy atom. The van der Waals surface area contributed by atoms with Crippen molar-refractivity contribution in [3.63, 3.8) is 0 Å². The van der Waals surface area contributed by atoms with E-state index >= 15 is 0 Å². The lowest BCUT2D eigenvalue weighted by Crippen LogP contribution is -2.16. The van der Waals surface area contributed by atoms with Gasteiger partial charge in [-0.2, -0.15) is 0 Å². The zero-order chi connectivity index (χ0) is 36.9. The fourth-order valence-corrected chi connectivity index (χ4v) is 6.14. The summed E-state index contributed by atoms with van der Waals surface area (Å²) in [6, 6.07) is 24.2. The molecule has 2 aliphatic rings. The van der Waals surface area contributed by atoms with E-state index in [1.54, 1.807) is 36.4 Å². The second-order valence-electron chi connectivity index (χ2n) is 11.2. The smallest absolute Gasteiger partial charge is 0.406 e. The number of alkyl halides is 6. The first-order valence-electron chi connectivity index (χ1n) is 14.8. The topological polar surface area (TPSA) is 101 Å². The molecule has 0 radical (unpaired) electrons. The van der Waals surface area contributed by atoms with Crippen LogP contribution in [0.25, 0.3) is 65.6 Å². The number of fused-ring (bicyclic) bond motifs is 6. The Kier molecular flexibility index (Phi) is 7.74. The van der Waals surface area contributed by atoms with Crippen molar-refractivity contribution in [3.8, 4) is 68.4 Å². The first kappa shape index (κ1) is 33.1. The van der Waals surface area contributed by atoms with Gasteiger partial charge in [-0.05, 0) is 69.8 Å². The van der Waals surface area contributed by atoms with Crippen LogP contribution in [0.5, 0.6) is 11.5 Å². The van der Waals surface area contributed by atoms with Gasteiger partial charge in [0.1, 0.15) is 11.5 Å². The van der Waals surface area contributed by atoms with Gasteiger partial charge in [-0.15, -0.1) is 26.3 Å². The number of rotatable bonds is 4. The Balaban J connectivity index is 1.36. The summed E-state index contributed by atoms with van der Waals surface area (Å²) in [4.78, 5) is 16.6. The van der Waals surface area contributed by atoms with Crippen LogP contribution < -0.4 is 9.47 Å². The number of aromatic nitrogens is 2. The van der Waals surface area contributed by atoms with Crippen LogP contribution in [-0.2, 0) is 0 Å². The first-order chi connectivity index (χ1) is 24.8. The molecule has 0 spiro atoms. The quantitative estimate of drug-likeness (QED) is 0.103. The zero-order valence-electron chi connectivity index (χ0n) is 25.9. The molecule has 5 aromatic rings. The first-order valence-corrected chi connectivity index (χ1v) is 14.8. The standard InChI is InChI=1S/C38H14F6N6O2/c1-47-29(17-45)31-27-15-21(19-3-9-23(10-4-19)51-37(39,40)41)7-13-25(27)33-35(31)49-34-26-14-8-22(20-5-11-24(12-6-20)52-38(42,43)44)16-28(26)32(36(34)50-33)30(18-46)48-2/h3-16H/b31-29-,32-30+. The molecule has 0 saturated carbocycles. The van der Waals surface area contributed by atoms with Crippen LogP contribution in [0.1, 0.15) is 22.5 Å². The third-order valence-electron chi connectivity index (χ3n) is 8.21. The molecular weight excluding hydrogens is 686 g/mol. The van der Waals surface area contributed by atoms with Crippen LogP contribution in [0.3, 0.4) is 0 Å². The SMILES string of the molecule is [C-]#[N+]/C(C#N)=C1/c2cc(-c3ccc(OC(F)(F)F)cc3)ccc2-c2nc3c(nc21)-c1ccc(-c2ccc(OC(F)(F)F)cc2)cc1/C3=C(/C#N)[N+]#[C-]. The molecule has 0 fully saturated rings. The molecule has 14 heteroatoms. The molecule has 0 unspecified atom stereocenters. The average Bonchev–Trinajstić information content (AvgIpc) is 3.59. The lowest BCUT2D eigenvalue weighted by atomic mass is 9.97. The van der Waals surface area contributed by atoms with E-state index in [1.807, 2.05) is 12.1 Å². The third-order valence-corrected chi connectivity index (χ3v) is 8.21. The van der Waals surface area contributed by atoms with Crippen LogP contribution in [0.4, 0.5) is 26.3 Å². The van der Waals surface area contributed by atoms with Gasteiger partial charge >= 0.3 is 12.7 Å². The van der Waals surface area contributed by atoms with E-state index in [9.17, 15) is 36.9 Å². The number of halogens is 6. The lowest BCUT2D eigenvalue weighted by Gasteiger charge is -2.10. The minimum absolute atomic E-state index is 0.180. The Bertz CT molecular complexity index is 2370. The maximum Gasteiger partial charge on any atom is 0.573 e. The van der Waals surface area contributed by atoms with Crippen molar-refractivity contribution in [1.82, 2.24) is 9.97 Å². The van der Waals surface area contributed by atoms with Crippen molar-refractivity contribution < 1.29 is 35.8 Å². The number of benzene rings is 4. The average molecular weight is 701 g/mol. The predicted molar refractivity (Wildman–Crippen MR) is 174 cm³/mol. The molecule has 0 atom stereocenters. The maximum atomic E-state index is 12.7. The van der Waals surface area contributed by atoms with Gasteiger partial charge in [-0.25, -0.2) is 30.2 Å². The lowest BCUT2D eigenvalue weighted by molar-refractivity contribution is -0.275. The summed E-state index contributed by atoms with van der Waals surface area (Å²) in [6.45, 7) is 15.5. The highest BCUT2D eigenvalue weighted by atomic mass is 19.4. The second kappa shape index (κ2) is 12.2. The zero-order valence-corrected chi connectivity index (χ0v) is 25.9. The van der Waals surface area contributed by atoms with Gasteiger partial charge in [-0.3, -0.25) is 0 Å². The van der Waals surface area contributed by atoms with Crippen molar-refractivity contribution in [1.29, 1.82) is 10.5 Å². The summed E-state index contributed by atoms with van der Waals surface area (Å²) in [5, 5.41) is 19.9. The van der Waals surface area contributed by atoms with Crippen molar-refractivity contribution >= 4 is 11.1 Å². The minimum Gasteiger partial charge on any atom is -0.406 e. The highest BCUT2D eigenvalue weighted by Crippen LogP contribution is 2.51. The number of hydrogen-bond acceptors (Lipinski definition) is 6. The normalized spacial score (nSPS) is 14.3. The van der Waals surface area contributed by atoms with Crippen molar-refractivity contribution in [3.05, 3.63) is 142 Å². The summed E-state index contributed by atoms with van der Waals surface area (Å²) in [7, 11) is 0. The van der Waals surface area contributed by atoms with Gasteiger partial charge in [0.2, 0.25) is 0 Å². The van der Waals surface area contributed by atoms with Crippen LogP contribution >= 0.6 is 0 Å². The maximum absolute atomic E-state index is 12.7. The summed E-state index contributed by atoms with van der Waals surface area (Å²) >= 11 is 0. The van der Waals surface area contributed by atoms with Crippen LogP contribution in [-0.4, -0.2) is 22.7 Å². The highest BCUT2D eigenvalue weighted by Gasteiger charge is 2.37. The monoisotopic (exact) mass is 700 g/mol. The van der Waals surface area contributed by atoms with Gasteiger partial charge < -0.3 is 9.47 Å². The molecule has 4 aromatic carbocycles. The van der Waals surface area contributed by atoms with E-state index in [4.69, 9.17) is 23.1 Å². The van der Waals surface area contributed by atoms with E-state index in [0.29, 0.717) is 44.5 Å². The Morgan fingerprint density at radius 3 is 1.17 bits per heavy atom. The number of allylic oxidation sites excluding steroid dienone is 2. The Hall–Kier alpha value is -7.42. The van der Waals surface area contributed by atoms with E-state index in [1.165, 1.54) is 24.3 Å². The van der Waals surface area contributed by atoms with Crippen molar-refractivity contribution in [2.75, 3.05) is 0 Å². The fourth-order valence-electron chi connectivity index (χ4n) is 6.14. The molecule has 52 heavy (non-hydrogen) atoms. The number of nitrogens with zero attached hydrogens (tertiary/aromatic N) is 6. The Morgan fingerprint density at radius 1 is 0.519 bits per heavy atom. The molecule has 0 saturated heterocycles. The van der Waals surface area contributed by atoms with Gasteiger partial charge in [0.25, 0.3) is 11.4 Å². The fraction of sp³-hybridized carbons (Fsp3) is 0.0526. The van der Waals surface area contributed by atoms with E-state index in [0.717, 1.165) is 24.3 Å². The molecule has 1 heterocycles. The molecule has 0 amide bonds. The molecule has 7 rings (SSSR count). The molecule has 0 bridgehead atoms.